The van der Waals surface area contributed by atoms with Crippen LogP contribution in [-0.4, -0.2) is 57.9 Å². The minimum Gasteiger partial charge on any atom is -0.396 e. The summed E-state index contributed by atoms with van der Waals surface area (Å²) in [5, 5.41) is 10.9. The maximum Gasteiger partial charge on any atom is 0.277 e. The fourth-order valence-corrected chi connectivity index (χ4v) is 5.38. The van der Waals surface area contributed by atoms with Crippen molar-refractivity contribution in [3.63, 3.8) is 0 Å². The number of hydrogen-bond acceptors (Lipinski definition) is 4. The first-order valence-corrected chi connectivity index (χ1v) is 12.1. The SMILES string of the molecule is Cc1ccc(C2=C(N3CCCC(CO)C3)C(=O)N(CCc3c[nH]c4ccccc34)C2=O)c(C)c1. The maximum atomic E-state index is 13.7. The Morgan fingerprint density at radius 1 is 1.09 bits per heavy atom. The molecule has 5 rings (SSSR count). The molecule has 2 aromatic carbocycles. The molecule has 2 aliphatic rings. The number of carbonyl (C=O) groups is 2. The molecule has 2 amide bonds. The topological polar surface area (TPSA) is 76.6 Å². The number of aromatic amines is 1. The highest BCUT2D eigenvalue weighted by Crippen LogP contribution is 2.35. The summed E-state index contributed by atoms with van der Waals surface area (Å²) in [6.07, 6.45) is 4.39. The van der Waals surface area contributed by atoms with Crippen molar-refractivity contribution in [1.29, 1.82) is 0 Å². The van der Waals surface area contributed by atoms with Crippen LogP contribution in [0.5, 0.6) is 0 Å². The van der Waals surface area contributed by atoms with Crippen molar-refractivity contribution in [2.45, 2.75) is 33.1 Å². The van der Waals surface area contributed by atoms with Crippen LogP contribution in [0.1, 0.15) is 35.1 Å². The quantitative estimate of drug-likeness (QED) is 0.552. The number of amides is 2. The lowest BCUT2D eigenvalue weighted by Crippen LogP contribution is -2.41. The van der Waals surface area contributed by atoms with E-state index in [0.717, 1.165) is 52.5 Å². The van der Waals surface area contributed by atoms with Crippen LogP contribution in [0.4, 0.5) is 0 Å². The molecule has 2 aliphatic heterocycles. The van der Waals surface area contributed by atoms with Crippen molar-refractivity contribution in [2.24, 2.45) is 5.92 Å². The number of nitrogens with one attached hydrogen (secondary N) is 1. The summed E-state index contributed by atoms with van der Waals surface area (Å²) < 4.78 is 0. The summed E-state index contributed by atoms with van der Waals surface area (Å²) in [6, 6.07) is 14.1. The minimum atomic E-state index is -0.224. The zero-order chi connectivity index (χ0) is 23.8. The van der Waals surface area contributed by atoms with Gasteiger partial charge in [-0.1, -0.05) is 42.0 Å². The Morgan fingerprint density at radius 2 is 1.91 bits per heavy atom. The van der Waals surface area contributed by atoms with E-state index in [0.29, 0.717) is 30.8 Å². The molecule has 3 heterocycles. The first-order chi connectivity index (χ1) is 16.5. The Hall–Kier alpha value is -3.38. The van der Waals surface area contributed by atoms with Gasteiger partial charge >= 0.3 is 0 Å². The molecule has 34 heavy (non-hydrogen) atoms. The standard InChI is InChI=1S/C28H31N3O3/c1-18-9-10-22(19(2)14-18)25-26(30-12-5-6-20(16-30)17-32)28(34)31(27(25)33)13-11-21-15-29-24-8-4-3-7-23(21)24/h3-4,7-10,14-15,20,29,32H,5-6,11-13,16-17H2,1-2H3. The third kappa shape index (κ3) is 3.92. The number of aryl methyl sites for hydroxylation is 2. The summed E-state index contributed by atoms with van der Waals surface area (Å²) >= 11 is 0. The number of aliphatic hydroxyl groups excluding tert-OH is 1. The number of piperidine rings is 1. The van der Waals surface area contributed by atoms with Crippen LogP contribution in [0.3, 0.4) is 0 Å². The number of likely N-dealkylation sites (tertiary alicyclic amines) is 1. The average Bonchev–Trinajstić information content (AvgIpc) is 3.36. The Labute approximate surface area is 199 Å². The van der Waals surface area contributed by atoms with E-state index in [1.165, 1.54) is 4.90 Å². The molecule has 1 fully saturated rings. The lowest BCUT2D eigenvalue weighted by molar-refractivity contribution is -0.137. The van der Waals surface area contributed by atoms with E-state index in [1.807, 2.05) is 55.3 Å². The Bertz CT molecular complexity index is 1290. The third-order valence-electron chi connectivity index (χ3n) is 7.17. The average molecular weight is 458 g/mol. The molecule has 3 aromatic rings. The fourth-order valence-electron chi connectivity index (χ4n) is 5.38. The molecule has 6 nitrogen and oxygen atoms in total. The van der Waals surface area contributed by atoms with Crippen molar-refractivity contribution in [1.82, 2.24) is 14.8 Å². The monoisotopic (exact) mass is 457 g/mol. The third-order valence-corrected chi connectivity index (χ3v) is 7.17. The van der Waals surface area contributed by atoms with Gasteiger partial charge in [0.2, 0.25) is 0 Å². The van der Waals surface area contributed by atoms with Gasteiger partial charge in [0, 0.05) is 43.3 Å². The number of aliphatic hydroxyl groups is 1. The van der Waals surface area contributed by atoms with Crippen LogP contribution in [0.15, 0.2) is 54.4 Å². The number of imide groups is 1. The molecule has 0 spiro atoms. The number of carbonyl (C=O) groups excluding carboxylic acids is 2. The van der Waals surface area contributed by atoms with Gasteiger partial charge in [-0.15, -0.1) is 0 Å². The number of para-hydroxylation sites is 1. The first-order valence-electron chi connectivity index (χ1n) is 12.1. The molecule has 0 aliphatic carbocycles. The van der Waals surface area contributed by atoms with E-state index in [-0.39, 0.29) is 24.3 Å². The summed E-state index contributed by atoms with van der Waals surface area (Å²) in [5.74, 6) is -0.332. The van der Waals surface area contributed by atoms with Gasteiger partial charge in [-0.2, -0.15) is 0 Å². The van der Waals surface area contributed by atoms with E-state index >= 15 is 0 Å². The predicted octanol–water partition coefficient (Wildman–Crippen LogP) is 3.81. The highest BCUT2D eigenvalue weighted by atomic mass is 16.3. The number of benzene rings is 2. The number of aromatic nitrogens is 1. The Balaban J connectivity index is 1.49. The minimum absolute atomic E-state index is 0.0923. The zero-order valence-corrected chi connectivity index (χ0v) is 19.8. The Morgan fingerprint density at radius 3 is 2.71 bits per heavy atom. The lowest BCUT2D eigenvalue weighted by Gasteiger charge is -2.34. The second-order valence-electron chi connectivity index (χ2n) is 9.55. The number of H-pyrrole nitrogens is 1. The van der Waals surface area contributed by atoms with Crippen molar-refractivity contribution in [3.8, 4) is 0 Å². The van der Waals surface area contributed by atoms with Crippen LogP contribution in [0.2, 0.25) is 0 Å². The van der Waals surface area contributed by atoms with Crippen LogP contribution >= 0.6 is 0 Å². The number of fused-ring (bicyclic) bond motifs is 1. The molecule has 0 bridgehead atoms. The molecule has 1 saturated heterocycles. The van der Waals surface area contributed by atoms with Gasteiger partial charge < -0.3 is 15.0 Å². The molecular weight excluding hydrogens is 426 g/mol. The second kappa shape index (κ2) is 9.11. The van der Waals surface area contributed by atoms with Gasteiger partial charge in [0.1, 0.15) is 5.70 Å². The number of rotatable bonds is 6. The van der Waals surface area contributed by atoms with Crippen molar-refractivity contribution < 1.29 is 14.7 Å². The molecule has 176 valence electrons. The van der Waals surface area contributed by atoms with Crippen LogP contribution in [-0.2, 0) is 16.0 Å². The molecule has 0 radical (unpaired) electrons. The molecule has 0 saturated carbocycles. The fraction of sp³-hybridized carbons (Fsp3) is 0.357. The van der Waals surface area contributed by atoms with E-state index in [2.05, 4.69) is 17.1 Å². The van der Waals surface area contributed by atoms with Crippen molar-refractivity contribution >= 4 is 28.3 Å². The predicted molar refractivity (Wildman–Crippen MR) is 133 cm³/mol. The van der Waals surface area contributed by atoms with E-state index in [1.54, 1.807) is 0 Å². The van der Waals surface area contributed by atoms with E-state index < -0.39 is 0 Å². The molecule has 1 aromatic heterocycles. The van der Waals surface area contributed by atoms with Crippen LogP contribution in [0, 0.1) is 19.8 Å². The largest absolute Gasteiger partial charge is 0.396 e. The highest BCUT2D eigenvalue weighted by Gasteiger charge is 2.42. The molecule has 2 N–H and O–H groups in total. The Kier molecular flexibility index (Phi) is 6.00. The number of nitrogens with zero attached hydrogens (tertiary/aromatic N) is 2. The first kappa shape index (κ1) is 22.4. The lowest BCUT2D eigenvalue weighted by atomic mass is 9.95. The maximum absolute atomic E-state index is 13.7. The van der Waals surface area contributed by atoms with E-state index in [4.69, 9.17) is 0 Å². The van der Waals surface area contributed by atoms with Gasteiger partial charge in [-0.3, -0.25) is 14.5 Å². The molecule has 1 atom stereocenters. The molecule has 6 heteroatoms. The second-order valence-corrected chi connectivity index (χ2v) is 9.55. The smallest absolute Gasteiger partial charge is 0.277 e. The summed E-state index contributed by atoms with van der Waals surface area (Å²) in [7, 11) is 0. The summed E-state index contributed by atoms with van der Waals surface area (Å²) in [5.41, 5.74) is 6.07. The van der Waals surface area contributed by atoms with Crippen molar-refractivity contribution in [2.75, 3.05) is 26.2 Å². The van der Waals surface area contributed by atoms with Crippen LogP contribution < -0.4 is 0 Å². The highest BCUT2D eigenvalue weighted by molar-refractivity contribution is 6.35. The summed E-state index contributed by atoms with van der Waals surface area (Å²) in [6.45, 7) is 5.75. The van der Waals surface area contributed by atoms with Gasteiger partial charge in [0.15, 0.2) is 0 Å². The van der Waals surface area contributed by atoms with E-state index in [9.17, 15) is 14.7 Å². The number of hydrogen-bond donors (Lipinski definition) is 2. The van der Waals surface area contributed by atoms with Gasteiger partial charge in [0.25, 0.3) is 11.8 Å². The van der Waals surface area contributed by atoms with Crippen LogP contribution in [0.25, 0.3) is 16.5 Å². The summed E-state index contributed by atoms with van der Waals surface area (Å²) in [4.78, 5) is 34.2. The van der Waals surface area contributed by atoms with Crippen molar-refractivity contribution in [3.05, 3.63) is 76.6 Å². The molecular formula is C28H31N3O3. The normalized spacial score (nSPS) is 19.1. The van der Waals surface area contributed by atoms with Gasteiger partial charge in [-0.05, 0) is 61.8 Å². The zero-order valence-electron chi connectivity index (χ0n) is 19.8. The van der Waals surface area contributed by atoms with Gasteiger partial charge in [-0.25, -0.2) is 0 Å². The molecule has 1 unspecified atom stereocenters. The van der Waals surface area contributed by atoms with Gasteiger partial charge in [0.05, 0.1) is 5.57 Å².